The number of halogens is 1. The number of carbonyl (C=O) groups excluding carboxylic acids is 1. The van der Waals surface area contributed by atoms with Gasteiger partial charge in [-0.2, -0.15) is 0 Å². The van der Waals surface area contributed by atoms with Crippen LogP contribution >= 0.6 is 11.6 Å². The van der Waals surface area contributed by atoms with Gasteiger partial charge in [-0.3, -0.25) is 4.79 Å². The van der Waals surface area contributed by atoms with Crippen molar-refractivity contribution in [2.24, 2.45) is 0 Å². The Morgan fingerprint density at radius 2 is 1.62 bits per heavy atom. The van der Waals surface area contributed by atoms with Crippen LogP contribution < -0.4 is 9.47 Å². The minimum absolute atomic E-state index is 0.0250. The van der Waals surface area contributed by atoms with Crippen LogP contribution in [0.25, 0.3) is 6.08 Å². The summed E-state index contributed by atoms with van der Waals surface area (Å²) in [6.07, 6.45) is 2.80. The fourth-order valence-electron chi connectivity index (χ4n) is 3.51. The van der Waals surface area contributed by atoms with Gasteiger partial charge in [0.1, 0.15) is 0 Å². The van der Waals surface area contributed by atoms with Gasteiger partial charge in [-0.15, -0.1) is 0 Å². The first-order valence-corrected chi connectivity index (χ1v) is 10.9. The number of nitrogens with zero attached hydrogens (tertiary/aromatic N) is 1. The van der Waals surface area contributed by atoms with E-state index < -0.39 is 0 Å². The van der Waals surface area contributed by atoms with Gasteiger partial charge in [0.15, 0.2) is 11.5 Å². The summed E-state index contributed by atoms with van der Waals surface area (Å²) in [5.74, 6) is 1.34. The van der Waals surface area contributed by atoms with E-state index in [-0.39, 0.29) is 5.91 Å². The Morgan fingerprint density at radius 3 is 2.28 bits per heavy atom. The predicted molar refractivity (Wildman–Crippen MR) is 131 cm³/mol. The molecular formula is C27H28ClNO3. The number of rotatable bonds is 9. The summed E-state index contributed by atoms with van der Waals surface area (Å²) in [7, 11) is 3.24. The molecule has 0 spiro atoms. The molecule has 0 unspecified atom stereocenters. The molecule has 4 nitrogen and oxygen atoms in total. The third kappa shape index (κ3) is 6.38. The second-order valence-electron chi connectivity index (χ2n) is 7.57. The molecule has 3 rings (SSSR count). The Morgan fingerprint density at radius 1 is 0.938 bits per heavy atom. The van der Waals surface area contributed by atoms with Crippen molar-refractivity contribution in [2.75, 3.05) is 27.3 Å². The van der Waals surface area contributed by atoms with E-state index in [1.165, 1.54) is 0 Å². The van der Waals surface area contributed by atoms with Gasteiger partial charge in [-0.1, -0.05) is 59.6 Å². The quantitative estimate of drug-likeness (QED) is 0.393. The number of hydrogen-bond acceptors (Lipinski definition) is 3. The van der Waals surface area contributed by atoms with Crippen molar-refractivity contribution < 1.29 is 14.3 Å². The van der Waals surface area contributed by atoms with Gasteiger partial charge in [0, 0.05) is 23.7 Å². The highest BCUT2D eigenvalue weighted by atomic mass is 35.5. The topological polar surface area (TPSA) is 38.8 Å². The highest BCUT2D eigenvalue weighted by Gasteiger charge is 2.17. The van der Waals surface area contributed by atoms with E-state index in [4.69, 9.17) is 21.1 Å². The molecule has 0 saturated carbocycles. The lowest BCUT2D eigenvalue weighted by Crippen LogP contribution is -2.34. The van der Waals surface area contributed by atoms with E-state index in [9.17, 15) is 4.79 Å². The molecule has 0 aromatic heterocycles. The molecule has 1 amide bonds. The lowest BCUT2D eigenvalue weighted by atomic mass is 10.1. The molecular weight excluding hydrogens is 422 g/mol. The molecule has 0 saturated heterocycles. The van der Waals surface area contributed by atoms with E-state index in [0.717, 1.165) is 16.7 Å². The fourth-order valence-corrected chi connectivity index (χ4v) is 3.63. The average Bonchev–Trinajstić information content (AvgIpc) is 2.82. The van der Waals surface area contributed by atoms with Crippen molar-refractivity contribution in [3.63, 3.8) is 0 Å². The van der Waals surface area contributed by atoms with Gasteiger partial charge in [0.2, 0.25) is 0 Å². The monoisotopic (exact) mass is 449 g/mol. The van der Waals surface area contributed by atoms with Gasteiger partial charge >= 0.3 is 0 Å². The lowest BCUT2D eigenvalue weighted by Gasteiger charge is -2.24. The molecule has 0 N–H and O–H groups in total. The standard InChI is InChI=1S/C27H28ClNO3/c1-20(17-21-7-5-4-6-8-21)19-29(27(30)23-10-12-24(28)13-11-23)16-15-22-9-14-25(31-2)26(18-22)32-3/h4-14,17-18H,15-16,19H2,1-3H3/b20-17+. The molecule has 0 aliphatic carbocycles. The minimum atomic E-state index is -0.0250. The second-order valence-corrected chi connectivity index (χ2v) is 8.01. The Kier molecular flexibility index (Phi) is 8.34. The van der Waals surface area contributed by atoms with Crippen LogP contribution in [0.3, 0.4) is 0 Å². The molecule has 0 aliphatic rings. The van der Waals surface area contributed by atoms with Crippen LogP contribution in [0.15, 0.2) is 78.4 Å². The van der Waals surface area contributed by atoms with Crippen LogP contribution in [-0.2, 0) is 6.42 Å². The van der Waals surface area contributed by atoms with Crippen LogP contribution in [-0.4, -0.2) is 38.1 Å². The summed E-state index contributed by atoms with van der Waals surface area (Å²) in [5.41, 5.74) is 3.91. The van der Waals surface area contributed by atoms with Crippen molar-refractivity contribution in [1.82, 2.24) is 4.90 Å². The average molecular weight is 450 g/mol. The maximum atomic E-state index is 13.3. The number of hydrogen-bond donors (Lipinski definition) is 0. The van der Waals surface area contributed by atoms with E-state index >= 15 is 0 Å². The van der Waals surface area contributed by atoms with Gasteiger partial charge < -0.3 is 14.4 Å². The van der Waals surface area contributed by atoms with Gasteiger partial charge in [-0.05, 0) is 60.9 Å². The maximum Gasteiger partial charge on any atom is 0.254 e. The normalized spacial score (nSPS) is 11.2. The largest absolute Gasteiger partial charge is 0.493 e. The molecule has 0 fully saturated rings. The van der Waals surface area contributed by atoms with Crippen LogP contribution in [0.1, 0.15) is 28.4 Å². The molecule has 0 heterocycles. The molecule has 0 radical (unpaired) electrons. The molecule has 3 aromatic carbocycles. The smallest absolute Gasteiger partial charge is 0.254 e. The Labute approximate surface area is 195 Å². The lowest BCUT2D eigenvalue weighted by molar-refractivity contribution is 0.0772. The van der Waals surface area contributed by atoms with Crippen LogP contribution in [0, 0.1) is 0 Å². The summed E-state index contributed by atoms with van der Waals surface area (Å²) >= 11 is 6.01. The number of methoxy groups -OCH3 is 2. The molecule has 166 valence electrons. The van der Waals surface area contributed by atoms with Crippen LogP contribution in [0.5, 0.6) is 11.5 Å². The zero-order valence-corrected chi connectivity index (χ0v) is 19.4. The van der Waals surface area contributed by atoms with Gasteiger partial charge in [0.25, 0.3) is 5.91 Å². The zero-order valence-electron chi connectivity index (χ0n) is 18.7. The predicted octanol–water partition coefficient (Wildman–Crippen LogP) is 6.15. The molecule has 5 heteroatoms. The van der Waals surface area contributed by atoms with E-state index in [1.54, 1.807) is 38.5 Å². The molecule has 32 heavy (non-hydrogen) atoms. The summed E-state index contributed by atoms with van der Waals surface area (Å²) in [4.78, 5) is 15.2. The van der Waals surface area contributed by atoms with E-state index in [1.807, 2.05) is 48.2 Å². The Balaban J connectivity index is 1.80. The second kappa shape index (κ2) is 11.4. The van der Waals surface area contributed by atoms with Crippen molar-refractivity contribution in [3.05, 3.63) is 100 Å². The van der Waals surface area contributed by atoms with Crippen molar-refractivity contribution >= 4 is 23.6 Å². The third-order valence-electron chi connectivity index (χ3n) is 5.15. The Bertz CT molecular complexity index is 1060. The fraction of sp³-hybridized carbons (Fsp3) is 0.222. The van der Waals surface area contributed by atoms with E-state index in [2.05, 4.69) is 18.2 Å². The first-order valence-electron chi connectivity index (χ1n) is 10.5. The first kappa shape index (κ1) is 23.4. The number of benzene rings is 3. The third-order valence-corrected chi connectivity index (χ3v) is 5.40. The van der Waals surface area contributed by atoms with E-state index in [0.29, 0.717) is 41.6 Å². The molecule has 0 bridgehead atoms. The SMILES string of the molecule is COc1ccc(CCN(C/C(C)=C/c2ccccc2)C(=O)c2ccc(Cl)cc2)cc1OC. The zero-order chi connectivity index (χ0) is 22.9. The van der Waals surface area contributed by atoms with Crippen molar-refractivity contribution in [2.45, 2.75) is 13.3 Å². The van der Waals surface area contributed by atoms with Crippen LogP contribution in [0.4, 0.5) is 0 Å². The number of carbonyl (C=O) groups is 1. The Hall–Kier alpha value is -3.24. The minimum Gasteiger partial charge on any atom is -0.493 e. The van der Waals surface area contributed by atoms with Crippen molar-refractivity contribution in [1.29, 1.82) is 0 Å². The summed E-state index contributed by atoms with van der Waals surface area (Å²) in [6, 6.07) is 23.0. The highest BCUT2D eigenvalue weighted by molar-refractivity contribution is 6.30. The maximum absolute atomic E-state index is 13.3. The summed E-state index contributed by atoms with van der Waals surface area (Å²) in [5, 5.41) is 0.610. The summed E-state index contributed by atoms with van der Waals surface area (Å²) < 4.78 is 10.7. The van der Waals surface area contributed by atoms with Gasteiger partial charge in [-0.25, -0.2) is 0 Å². The van der Waals surface area contributed by atoms with Crippen LogP contribution in [0.2, 0.25) is 5.02 Å². The highest BCUT2D eigenvalue weighted by Crippen LogP contribution is 2.28. The first-order chi connectivity index (χ1) is 15.5. The van der Waals surface area contributed by atoms with Crippen molar-refractivity contribution in [3.8, 4) is 11.5 Å². The molecule has 3 aromatic rings. The summed E-state index contributed by atoms with van der Waals surface area (Å²) in [6.45, 7) is 3.14. The molecule has 0 aliphatic heterocycles. The number of amides is 1. The van der Waals surface area contributed by atoms with Gasteiger partial charge in [0.05, 0.1) is 14.2 Å². The molecule has 0 atom stereocenters. The number of ether oxygens (including phenoxy) is 2.